The molecule has 0 aromatic carbocycles. The lowest BCUT2D eigenvalue weighted by molar-refractivity contribution is 0.0151. The van der Waals surface area contributed by atoms with Gasteiger partial charge < -0.3 is 0 Å². The van der Waals surface area contributed by atoms with Gasteiger partial charge in [0.2, 0.25) is 0 Å². The zero-order valence-electron chi connectivity index (χ0n) is 8.76. The van der Waals surface area contributed by atoms with Crippen LogP contribution in [-0.2, 0) is 0 Å². The van der Waals surface area contributed by atoms with Gasteiger partial charge in [-0.05, 0) is 49.9 Å². The first-order valence-electron chi connectivity index (χ1n) is 6.02. The summed E-state index contributed by atoms with van der Waals surface area (Å²) in [5, 5.41) is 0. The van der Waals surface area contributed by atoms with E-state index in [1.54, 1.807) is 0 Å². The van der Waals surface area contributed by atoms with E-state index in [0.29, 0.717) is 0 Å². The second kappa shape index (κ2) is 2.73. The molecule has 0 aromatic rings. The van der Waals surface area contributed by atoms with E-state index in [0.717, 1.165) is 17.4 Å². The molecule has 2 aliphatic carbocycles. The van der Waals surface area contributed by atoms with Gasteiger partial charge in [0.1, 0.15) is 0 Å². The maximum absolute atomic E-state index is 2.76. The van der Waals surface area contributed by atoms with Crippen LogP contribution in [0.5, 0.6) is 0 Å². The molecular weight excluding hydrogens is 158 g/mol. The van der Waals surface area contributed by atoms with E-state index in [-0.39, 0.29) is 0 Å². The molecule has 0 amide bonds. The predicted octanol–water partition coefficient (Wildman–Crippen LogP) is 2.66. The molecule has 1 spiro atoms. The molecule has 0 atom stereocenters. The van der Waals surface area contributed by atoms with Gasteiger partial charge in [-0.25, -0.2) is 0 Å². The van der Waals surface area contributed by atoms with Gasteiger partial charge in [-0.2, -0.15) is 0 Å². The first kappa shape index (κ1) is 8.28. The molecule has 74 valence electrons. The van der Waals surface area contributed by atoms with Gasteiger partial charge >= 0.3 is 0 Å². The molecule has 0 N–H and O–H groups in total. The molecule has 1 heteroatoms. The summed E-state index contributed by atoms with van der Waals surface area (Å²) >= 11 is 0. The first-order valence-corrected chi connectivity index (χ1v) is 6.02. The zero-order valence-corrected chi connectivity index (χ0v) is 8.76. The highest BCUT2D eigenvalue weighted by Gasteiger charge is 2.53. The fraction of sp³-hybridized carbons (Fsp3) is 1.00. The second-order valence-corrected chi connectivity index (χ2v) is 5.82. The van der Waals surface area contributed by atoms with E-state index in [1.165, 1.54) is 51.6 Å². The smallest absolute Gasteiger partial charge is 0.00959 e. The molecule has 2 saturated carbocycles. The molecule has 13 heavy (non-hydrogen) atoms. The Kier molecular flexibility index (Phi) is 1.74. The summed E-state index contributed by atoms with van der Waals surface area (Å²) in [6.07, 6.45) is 9.00. The standard InChI is InChI=1S/C12H21N/c1-10-2-4-11(5-3-10)13-8-12(9-13)6-7-12/h10-11H,2-9H2,1H3. The van der Waals surface area contributed by atoms with E-state index in [2.05, 4.69) is 11.8 Å². The summed E-state index contributed by atoms with van der Waals surface area (Å²) in [6, 6.07) is 0.974. The van der Waals surface area contributed by atoms with Crippen molar-refractivity contribution in [2.75, 3.05) is 13.1 Å². The predicted molar refractivity (Wildman–Crippen MR) is 54.7 cm³/mol. The van der Waals surface area contributed by atoms with Crippen LogP contribution >= 0.6 is 0 Å². The van der Waals surface area contributed by atoms with Crippen LogP contribution in [0.1, 0.15) is 45.4 Å². The summed E-state index contributed by atoms with van der Waals surface area (Å²) in [7, 11) is 0. The molecule has 1 aliphatic heterocycles. The number of hydrogen-bond acceptors (Lipinski definition) is 1. The van der Waals surface area contributed by atoms with Crippen molar-refractivity contribution in [3.05, 3.63) is 0 Å². The Bertz CT molecular complexity index is 191. The molecule has 1 heterocycles. The van der Waals surface area contributed by atoms with Crippen molar-refractivity contribution in [2.45, 2.75) is 51.5 Å². The second-order valence-electron chi connectivity index (χ2n) is 5.82. The lowest BCUT2D eigenvalue weighted by Gasteiger charge is -2.47. The Morgan fingerprint density at radius 2 is 1.62 bits per heavy atom. The maximum atomic E-state index is 2.76. The minimum atomic E-state index is 0.864. The van der Waals surface area contributed by atoms with E-state index in [9.17, 15) is 0 Å². The third-order valence-electron chi connectivity index (χ3n) is 4.54. The molecule has 0 aromatic heterocycles. The molecule has 3 rings (SSSR count). The van der Waals surface area contributed by atoms with E-state index in [1.807, 2.05) is 0 Å². The zero-order chi connectivity index (χ0) is 8.89. The molecular formula is C12H21N. The van der Waals surface area contributed by atoms with Crippen molar-refractivity contribution >= 4 is 0 Å². The summed E-state index contributed by atoms with van der Waals surface area (Å²) in [5.41, 5.74) is 0.864. The molecule has 1 saturated heterocycles. The van der Waals surface area contributed by atoms with E-state index >= 15 is 0 Å². The van der Waals surface area contributed by atoms with Crippen LogP contribution < -0.4 is 0 Å². The van der Waals surface area contributed by atoms with Crippen molar-refractivity contribution in [1.29, 1.82) is 0 Å². The number of hydrogen-bond donors (Lipinski definition) is 0. The number of nitrogens with zero attached hydrogens (tertiary/aromatic N) is 1. The highest BCUT2D eigenvalue weighted by atomic mass is 15.2. The van der Waals surface area contributed by atoms with Gasteiger partial charge in [-0.1, -0.05) is 6.92 Å². The van der Waals surface area contributed by atoms with Crippen LogP contribution in [0.25, 0.3) is 0 Å². The topological polar surface area (TPSA) is 3.24 Å². The largest absolute Gasteiger partial charge is 0.299 e. The Balaban J connectivity index is 1.50. The maximum Gasteiger partial charge on any atom is 0.00959 e. The van der Waals surface area contributed by atoms with Crippen LogP contribution in [-0.4, -0.2) is 24.0 Å². The van der Waals surface area contributed by atoms with Crippen LogP contribution in [0.3, 0.4) is 0 Å². The normalized spacial score (nSPS) is 43.2. The van der Waals surface area contributed by atoms with Crippen LogP contribution in [0.15, 0.2) is 0 Å². The fourth-order valence-electron chi connectivity index (χ4n) is 3.17. The SMILES string of the molecule is CC1CCC(N2CC3(CC3)C2)CC1. The molecule has 3 fully saturated rings. The van der Waals surface area contributed by atoms with Gasteiger partial charge in [0, 0.05) is 19.1 Å². The fourth-order valence-corrected chi connectivity index (χ4v) is 3.17. The van der Waals surface area contributed by atoms with Crippen LogP contribution in [0, 0.1) is 11.3 Å². The molecule has 1 nitrogen and oxygen atoms in total. The van der Waals surface area contributed by atoms with Crippen molar-refractivity contribution in [3.8, 4) is 0 Å². The molecule has 3 aliphatic rings. The minimum Gasteiger partial charge on any atom is -0.299 e. The average Bonchev–Trinajstić information content (AvgIpc) is 2.83. The van der Waals surface area contributed by atoms with Crippen LogP contribution in [0.2, 0.25) is 0 Å². The van der Waals surface area contributed by atoms with Gasteiger partial charge in [0.25, 0.3) is 0 Å². The average molecular weight is 179 g/mol. The van der Waals surface area contributed by atoms with Crippen LogP contribution in [0.4, 0.5) is 0 Å². The van der Waals surface area contributed by atoms with Gasteiger partial charge in [0.05, 0.1) is 0 Å². The van der Waals surface area contributed by atoms with E-state index < -0.39 is 0 Å². The quantitative estimate of drug-likeness (QED) is 0.598. The third kappa shape index (κ3) is 1.41. The minimum absolute atomic E-state index is 0.864. The number of likely N-dealkylation sites (tertiary alicyclic amines) is 1. The van der Waals surface area contributed by atoms with Crippen molar-refractivity contribution in [1.82, 2.24) is 4.90 Å². The summed E-state index contributed by atoms with van der Waals surface area (Å²) in [6.45, 7) is 5.31. The molecule has 0 radical (unpaired) electrons. The van der Waals surface area contributed by atoms with Crippen molar-refractivity contribution in [2.24, 2.45) is 11.3 Å². The monoisotopic (exact) mass is 179 g/mol. The van der Waals surface area contributed by atoms with Crippen molar-refractivity contribution in [3.63, 3.8) is 0 Å². The summed E-state index contributed by atoms with van der Waals surface area (Å²) < 4.78 is 0. The van der Waals surface area contributed by atoms with Gasteiger partial charge in [0.15, 0.2) is 0 Å². The lowest BCUT2D eigenvalue weighted by Crippen LogP contribution is -2.54. The Morgan fingerprint density at radius 3 is 2.15 bits per heavy atom. The highest BCUT2D eigenvalue weighted by molar-refractivity contribution is 5.06. The molecule has 0 bridgehead atoms. The van der Waals surface area contributed by atoms with E-state index in [4.69, 9.17) is 0 Å². The van der Waals surface area contributed by atoms with Gasteiger partial charge in [-0.3, -0.25) is 4.90 Å². The van der Waals surface area contributed by atoms with Gasteiger partial charge in [-0.15, -0.1) is 0 Å². The Labute approximate surface area is 81.5 Å². The first-order chi connectivity index (χ1) is 6.27. The summed E-state index contributed by atoms with van der Waals surface area (Å²) in [5.74, 6) is 1.01. The highest BCUT2D eigenvalue weighted by Crippen LogP contribution is 2.54. The third-order valence-corrected chi connectivity index (χ3v) is 4.54. The summed E-state index contributed by atoms with van der Waals surface area (Å²) in [4.78, 5) is 2.76. The molecule has 0 unspecified atom stereocenters. The number of rotatable bonds is 1. The lowest BCUT2D eigenvalue weighted by atomic mass is 9.83. The van der Waals surface area contributed by atoms with Crippen molar-refractivity contribution < 1.29 is 0 Å². The Hall–Kier alpha value is -0.0400. The Morgan fingerprint density at radius 1 is 1.00 bits per heavy atom.